The number of carbonyl (C=O) groups is 1. The maximum Gasteiger partial charge on any atom is 0.348 e. The Kier molecular flexibility index (Phi) is 4.66. The summed E-state index contributed by atoms with van der Waals surface area (Å²) in [5.41, 5.74) is 0.0566. The molecule has 2 aromatic heterocycles. The summed E-state index contributed by atoms with van der Waals surface area (Å²) >= 11 is 0. The second-order valence-electron chi connectivity index (χ2n) is 6.13. The van der Waals surface area contributed by atoms with E-state index in [9.17, 15) is 9.90 Å². The molecule has 0 amide bonds. The van der Waals surface area contributed by atoms with Gasteiger partial charge in [0.2, 0.25) is 5.60 Å². The van der Waals surface area contributed by atoms with Gasteiger partial charge in [-0.3, -0.25) is 4.68 Å². The average molecular weight is 356 g/mol. The number of benzene rings is 1. The van der Waals surface area contributed by atoms with Gasteiger partial charge in [0.25, 0.3) is 0 Å². The van der Waals surface area contributed by atoms with E-state index in [1.807, 2.05) is 24.3 Å². The molecule has 136 valence electrons. The number of aryl methyl sites for hydroxylation is 1. The van der Waals surface area contributed by atoms with Crippen molar-refractivity contribution in [2.45, 2.75) is 18.9 Å². The van der Waals surface area contributed by atoms with E-state index in [1.165, 1.54) is 13.1 Å². The number of ether oxygens (including phenoxy) is 2. The average Bonchev–Trinajstić information content (AvgIpc) is 3.23. The quantitative estimate of drug-likeness (QED) is 0.697. The summed E-state index contributed by atoms with van der Waals surface area (Å²) in [6.45, 7) is 1.53. The van der Waals surface area contributed by atoms with Crippen molar-refractivity contribution in [2.75, 3.05) is 7.11 Å². The summed E-state index contributed by atoms with van der Waals surface area (Å²) in [5, 5.41) is 18.0. The van der Waals surface area contributed by atoms with Crippen molar-refractivity contribution in [3.8, 4) is 17.2 Å². The molecule has 0 spiro atoms. The third-order valence-corrected chi connectivity index (χ3v) is 3.99. The van der Waals surface area contributed by atoms with Crippen LogP contribution in [0.15, 0.2) is 49.1 Å². The molecular formula is C18H20N4O4. The molecule has 0 bridgehead atoms. The van der Waals surface area contributed by atoms with E-state index in [2.05, 4.69) is 10.2 Å². The molecule has 26 heavy (non-hydrogen) atoms. The molecule has 0 radical (unpaired) electrons. The molecule has 3 aromatic rings. The van der Waals surface area contributed by atoms with Crippen LogP contribution in [0.5, 0.6) is 11.5 Å². The molecule has 1 atom stereocenters. The van der Waals surface area contributed by atoms with Crippen LogP contribution in [0.1, 0.15) is 12.5 Å². The third kappa shape index (κ3) is 3.53. The molecule has 0 aliphatic rings. The predicted molar refractivity (Wildman–Crippen MR) is 93.7 cm³/mol. The van der Waals surface area contributed by atoms with Gasteiger partial charge in [0, 0.05) is 19.7 Å². The lowest BCUT2D eigenvalue weighted by molar-refractivity contribution is -0.153. The number of hydrogen-bond donors (Lipinski definition) is 1. The minimum Gasteiger partial charge on any atom is -0.494 e. The Morgan fingerprint density at radius 2 is 2.00 bits per heavy atom. The van der Waals surface area contributed by atoms with E-state index in [1.54, 1.807) is 42.1 Å². The van der Waals surface area contributed by atoms with Crippen molar-refractivity contribution >= 4 is 5.97 Å². The van der Waals surface area contributed by atoms with Gasteiger partial charge in [0.05, 0.1) is 25.7 Å². The Bertz CT molecular complexity index is 917. The first kappa shape index (κ1) is 17.5. The number of aliphatic carboxylic acids is 1. The van der Waals surface area contributed by atoms with Crippen LogP contribution < -0.4 is 9.47 Å². The van der Waals surface area contributed by atoms with Gasteiger partial charge in [-0.15, -0.1) is 0 Å². The number of carboxylic acid groups (broad SMARTS) is 1. The Morgan fingerprint density at radius 1 is 1.23 bits per heavy atom. The standard InChI is InChI=1S/C18H20N4O4/c1-18(17(23)24,8-13-9-19-21(2)11-13)26-14-10-20-22(12-14)15-6-4-5-7-16(15)25-3/h4-7,9-12H,8H2,1-3H3,(H,23,24). The van der Waals surface area contributed by atoms with Crippen LogP contribution >= 0.6 is 0 Å². The van der Waals surface area contributed by atoms with Gasteiger partial charge in [-0.25, -0.2) is 9.48 Å². The highest BCUT2D eigenvalue weighted by Crippen LogP contribution is 2.26. The number of aromatic nitrogens is 4. The molecule has 8 heteroatoms. The van der Waals surface area contributed by atoms with E-state index in [0.29, 0.717) is 11.5 Å². The number of hydrogen-bond acceptors (Lipinski definition) is 5. The van der Waals surface area contributed by atoms with E-state index < -0.39 is 11.6 Å². The first-order valence-corrected chi connectivity index (χ1v) is 7.99. The fourth-order valence-electron chi connectivity index (χ4n) is 2.68. The van der Waals surface area contributed by atoms with Gasteiger partial charge < -0.3 is 14.6 Å². The number of rotatable bonds is 7. The topological polar surface area (TPSA) is 91.4 Å². The van der Waals surface area contributed by atoms with E-state index in [4.69, 9.17) is 9.47 Å². The van der Waals surface area contributed by atoms with Crippen LogP contribution in [0, 0.1) is 0 Å². The number of methoxy groups -OCH3 is 1. The lowest BCUT2D eigenvalue weighted by Crippen LogP contribution is -2.43. The van der Waals surface area contributed by atoms with Crippen molar-refractivity contribution in [1.29, 1.82) is 0 Å². The Hall–Kier alpha value is -3.29. The van der Waals surface area contributed by atoms with Crippen LogP contribution in [0.25, 0.3) is 5.69 Å². The van der Waals surface area contributed by atoms with Crippen molar-refractivity contribution < 1.29 is 19.4 Å². The highest BCUT2D eigenvalue weighted by Gasteiger charge is 2.37. The molecule has 1 aromatic carbocycles. The van der Waals surface area contributed by atoms with E-state index in [-0.39, 0.29) is 6.42 Å². The Labute approximate surface area is 150 Å². The molecule has 0 saturated heterocycles. The largest absolute Gasteiger partial charge is 0.494 e. The summed E-state index contributed by atoms with van der Waals surface area (Å²) in [6.07, 6.45) is 6.68. The fourth-order valence-corrected chi connectivity index (χ4v) is 2.68. The zero-order valence-corrected chi connectivity index (χ0v) is 14.8. The molecule has 3 rings (SSSR count). The predicted octanol–water partition coefficient (Wildman–Crippen LogP) is 2.08. The van der Waals surface area contributed by atoms with Gasteiger partial charge in [0.15, 0.2) is 5.75 Å². The molecule has 0 fully saturated rings. The molecule has 1 N–H and O–H groups in total. The van der Waals surface area contributed by atoms with Gasteiger partial charge in [-0.05, 0) is 24.6 Å². The maximum absolute atomic E-state index is 11.8. The molecule has 0 saturated carbocycles. The monoisotopic (exact) mass is 356 g/mol. The summed E-state index contributed by atoms with van der Waals surface area (Å²) in [5.74, 6) is -0.0606. The maximum atomic E-state index is 11.8. The molecule has 0 aliphatic heterocycles. The molecule has 0 aliphatic carbocycles. The SMILES string of the molecule is COc1ccccc1-n1cc(OC(C)(Cc2cnn(C)c2)C(=O)O)cn1. The van der Waals surface area contributed by atoms with Crippen molar-refractivity contribution in [1.82, 2.24) is 19.6 Å². The van der Waals surface area contributed by atoms with Crippen molar-refractivity contribution in [2.24, 2.45) is 7.05 Å². The smallest absolute Gasteiger partial charge is 0.348 e. The van der Waals surface area contributed by atoms with Crippen molar-refractivity contribution in [3.05, 3.63) is 54.6 Å². The number of carboxylic acids is 1. The summed E-state index contributed by atoms with van der Waals surface area (Å²) in [4.78, 5) is 11.8. The second kappa shape index (κ2) is 6.91. The lowest BCUT2D eigenvalue weighted by Gasteiger charge is -2.24. The van der Waals surface area contributed by atoms with Gasteiger partial charge in [0.1, 0.15) is 11.4 Å². The van der Waals surface area contributed by atoms with Crippen LogP contribution in [-0.2, 0) is 18.3 Å². The number of para-hydroxylation sites is 2. The zero-order valence-electron chi connectivity index (χ0n) is 14.8. The third-order valence-electron chi connectivity index (χ3n) is 3.99. The summed E-state index contributed by atoms with van der Waals surface area (Å²) in [6, 6.07) is 7.39. The Morgan fingerprint density at radius 3 is 2.65 bits per heavy atom. The van der Waals surface area contributed by atoms with E-state index in [0.717, 1.165) is 11.3 Å². The fraction of sp³-hybridized carbons (Fsp3) is 0.278. The van der Waals surface area contributed by atoms with Crippen LogP contribution in [0.3, 0.4) is 0 Å². The molecule has 8 nitrogen and oxygen atoms in total. The highest BCUT2D eigenvalue weighted by atomic mass is 16.5. The Balaban J connectivity index is 1.84. The van der Waals surface area contributed by atoms with Crippen LogP contribution in [0.4, 0.5) is 0 Å². The van der Waals surface area contributed by atoms with Gasteiger partial charge in [-0.1, -0.05) is 12.1 Å². The minimum absolute atomic E-state index is 0.177. The highest BCUT2D eigenvalue weighted by molar-refractivity contribution is 5.77. The summed E-state index contributed by atoms with van der Waals surface area (Å²) in [7, 11) is 3.36. The van der Waals surface area contributed by atoms with Gasteiger partial charge in [-0.2, -0.15) is 10.2 Å². The molecule has 2 heterocycles. The second-order valence-corrected chi connectivity index (χ2v) is 6.13. The normalized spacial score (nSPS) is 13.2. The first-order chi connectivity index (χ1) is 12.4. The summed E-state index contributed by atoms with van der Waals surface area (Å²) < 4.78 is 14.3. The number of nitrogens with zero attached hydrogens (tertiary/aromatic N) is 4. The molecular weight excluding hydrogens is 336 g/mol. The first-order valence-electron chi connectivity index (χ1n) is 7.99. The van der Waals surface area contributed by atoms with E-state index >= 15 is 0 Å². The van der Waals surface area contributed by atoms with Crippen LogP contribution in [-0.4, -0.2) is 43.3 Å². The minimum atomic E-state index is -1.45. The zero-order chi connectivity index (χ0) is 18.7. The lowest BCUT2D eigenvalue weighted by atomic mass is 9.98. The van der Waals surface area contributed by atoms with Gasteiger partial charge >= 0.3 is 5.97 Å². The van der Waals surface area contributed by atoms with Crippen LogP contribution in [0.2, 0.25) is 0 Å². The molecule has 1 unspecified atom stereocenters. The van der Waals surface area contributed by atoms with Crippen molar-refractivity contribution in [3.63, 3.8) is 0 Å².